The van der Waals surface area contributed by atoms with E-state index < -0.39 is 21.9 Å². The lowest BCUT2D eigenvalue weighted by Gasteiger charge is -2.13. The fraction of sp³-hybridized carbons (Fsp3) is 0.0476. The first-order chi connectivity index (χ1) is 14.8. The first-order valence-electron chi connectivity index (χ1n) is 8.86. The van der Waals surface area contributed by atoms with Gasteiger partial charge in [0.15, 0.2) is 0 Å². The van der Waals surface area contributed by atoms with Crippen LogP contribution in [0.25, 0.3) is 17.4 Å². The maximum Gasteiger partial charge on any atom is 0.293 e. The SMILES string of the molecule is O=C1S/C(=C\c2ccc(-c3cccc([N+](=O)[O-])c3)o2)C(=O)N1Cc1ccc(F)cc1Cl. The molecule has 0 radical (unpaired) electrons. The van der Waals surface area contributed by atoms with Crippen molar-refractivity contribution in [2.75, 3.05) is 0 Å². The molecule has 1 aliphatic rings. The number of benzene rings is 2. The second-order valence-corrected chi connectivity index (χ2v) is 7.91. The second-order valence-electron chi connectivity index (χ2n) is 6.51. The van der Waals surface area contributed by atoms with Gasteiger partial charge in [0.2, 0.25) is 0 Å². The second kappa shape index (κ2) is 8.37. The maximum absolute atomic E-state index is 13.2. The van der Waals surface area contributed by atoms with Crippen LogP contribution in [0.5, 0.6) is 0 Å². The Morgan fingerprint density at radius 3 is 2.71 bits per heavy atom. The highest BCUT2D eigenvalue weighted by atomic mass is 35.5. The molecule has 2 aromatic carbocycles. The van der Waals surface area contributed by atoms with Crippen molar-refractivity contribution in [1.82, 2.24) is 4.90 Å². The molecule has 4 rings (SSSR count). The van der Waals surface area contributed by atoms with E-state index in [1.807, 2.05) is 0 Å². The quantitative estimate of drug-likeness (QED) is 0.269. The summed E-state index contributed by atoms with van der Waals surface area (Å²) in [5.74, 6) is -0.344. The first kappa shape index (κ1) is 20.8. The average Bonchev–Trinajstić information content (AvgIpc) is 3.30. The fourth-order valence-electron chi connectivity index (χ4n) is 2.94. The van der Waals surface area contributed by atoms with Crippen molar-refractivity contribution in [2.45, 2.75) is 6.54 Å². The number of amides is 2. The number of halogens is 2. The molecule has 31 heavy (non-hydrogen) atoms. The van der Waals surface area contributed by atoms with Gasteiger partial charge in [-0.2, -0.15) is 0 Å². The molecule has 0 N–H and O–H groups in total. The summed E-state index contributed by atoms with van der Waals surface area (Å²) in [6.45, 7) is -0.0851. The molecule has 0 unspecified atom stereocenters. The Kier molecular flexibility index (Phi) is 5.62. The Bertz CT molecular complexity index is 1260. The lowest BCUT2D eigenvalue weighted by atomic mass is 10.1. The fourth-order valence-corrected chi connectivity index (χ4v) is 3.99. The number of hydrogen-bond acceptors (Lipinski definition) is 6. The topological polar surface area (TPSA) is 93.7 Å². The zero-order valence-electron chi connectivity index (χ0n) is 15.6. The lowest BCUT2D eigenvalue weighted by molar-refractivity contribution is -0.384. The minimum Gasteiger partial charge on any atom is -0.457 e. The molecule has 1 aliphatic heterocycles. The van der Waals surface area contributed by atoms with Gasteiger partial charge >= 0.3 is 0 Å². The maximum atomic E-state index is 13.2. The number of carbonyl (C=O) groups excluding carboxylic acids is 2. The van der Waals surface area contributed by atoms with Gasteiger partial charge in [-0.15, -0.1) is 0 Å². The number of nitrogens with zero attached hydrogens (tertiary/aromatic N) is 2. The minimum absolute atomic E-state index is 0.0731. The molecule has 1 aromatic heterocycles. The van der Waals surface area contributed by atoms with E-state index >= 15 is 0 Å². The molecule has 0 saturated carbocycles. The highest BCUT2D eigenvalue weighted by molar-refractivity contribution is 8.18. The van der Waals surface area contributed by atoms with Crippen LogP contribution in [0.1, 0.15) is 11.3 Å². The van der Waals surface area contributed by atoms with Crippen LogP contribution in [-0.4, -0.2) is 21.0 Å². The number of hydrogen-bond donors (Lipinski definition) is 0. The van der Waals surface area contributed by atoms with Crippen LogP contribution in [-0.2, 0) is 11.3 Å². The molecule has 0 bridgehead atoms. The van der Waals surface area contributed by atoms with Crippen molar-refractivity contribution in [1.29, 1.82) is 0 Å². The summed E-state index contributed by atoms with van der Waals surface area (Å²) in [4.78, 5) is 36.6. The van der Waals surface area contributed by atoms with E-state index in [1.165, 1.54) is 30.3 Å². The number of nitro groups is 1. The van der Waals surface area contributed by atoms with Gasteiger partial charge in [-0.25, -0.2) is 4.39 Å². The zero-order valence-corrected chi connectivity index (χ0v) is 17.2. The molecule has 2 heterocycles. The summed E-state index contributed by atoms with van der Waals surface area (Å²) in [6, 6.07) is 12.9. The van der Waals surface area contributed by atoms with Gasteiger partial charge in [-0.1, -0.05) is 29.8 Å². The minimum atomic E-state index is -0.524. The molecule has 1 saturated heterocycles. The van der Waals surface area contributed by atoms with E-state index in [0.717, 1.165) is 22.7 Å². The molecular formula is C21H12ClFN2O5S. The van der Waals surface area contributed by atoms with Crippen molar-refractivity contribution in [3.05, 3.63) is 91.8 Å². The molecular weight excluding hydrogens is 447 g/mol. The van der Waals surface area contributed by atoms with Gasteiger partial charge in [0.1, 0.15) is 17.3 Å². The first-order valence-corrected chi connectivity index (χ1v) is 10.1. The summed E-state index contributed by atoms with van der Waals surface area (Å²) >= 11 is 6.74. The van der Waals surface area contributed by atoms with Crippen LogP contribution in [0.15, 0.2) is 63.9 Å². The van der Waals surface area contributed by atoms with E-state index in [0.29, 0.717) is 22.6 Å². The van der Waals surface area contributed by atoms with Crippen LogP contribution in [0, 0.1) is 15.9 Å². The third-order valence-electron chi connectivity index (χ3n) is 4.46. The summed E-state index contributed by atoms with van der Waals surface area (Å²) < 4.78 is 18.9. The highest BCUT2D eigenvalue weighted by Crippen LogP contribution is 2.35. The third-order valence-corrected chi connectivity index (χ3v) is 5.72. The Morgan fingerprint density at radius 1 is 1.16 bits per heavy atom. The van der Waals surface area contributed by atoms with E-state index in [4.69, 9.17) is 16.0 Å². The molecule has 156 valence electrons. The van der Waals surface area contributed by atoms with Crippen LogP contribution in [0.2, 0.25) is 5.02 Å². The smallest absolute Gasteiger partial charge is 0.293 e. The summed E-state index contributed by atoms with van der Waals surface area (Å²) in [7, 11) is 0. The zero-order chi connectivity index (χ0) is 22.1. The van der Waals surface area contributed by atoms with Gasteiger partial charge in [-0.3, -0.25) is 24.6 Å². The van der Waals surface area contributed by atoms with E-state index in [-0.39, 0.29) is 22.2 Å². The number of nitro benzene ring substituents is 1. The van der Waals surface area contributed by atoms with E-state index in [2.05, 4.69) is 0 Å². The standard InChI is InChI=1S/C21H12ClFN2O5S/c22-17-9-14(23)5-4-13(17)11-24-20(26)19(31-21(24)27)10-16-6-7-18(30-16)12-2-1-3-15(8-12)25(28)29/h1-10H,11H2/b19-10-. The summed E-state index contributed by atoms with van der Waals surface area (Å²) in [5, 5.41) is 10.6. The molecule has 0 aliphatic carbocycles. The van der Waals surface area contributed by atoms with Gasteiger partial charge in [0.05, 0.1) is 16.4 Å². The Balaban J connectivity index is 1.55. The number of rotatable bonds is 5. The van der Waals surface area contributed by atoms with Crippen molar-refractivity contribution >= 4 is 46.3 Å². The molecule has 7 nitrogen and oxygen atoms in total. The highest BCUT2D eigenvalue weighted by Gasteiger charge is 2.35. The number of non-ortho nitro benzene ring substituents is 1. The van der Waals surface area contributed by atoms with Gasteiger partial charge < -0.3 is 4.42 Å². The average molecular weight is 459 g/mol. The largest absolute Gasteiger partial charge is 0.457 e. The Hall–Kier alpha value is -3.43. The summed E-state index contributed by atoms with van der Waals surface area (Å²) in [6.07, 6.45) is 1.43. The van der Waals surface area contributed by atoms with Crippen LogP contribution in [0.3, 0.4) is 0 Å². The molecule has 0 atom stereocenters. The van der Waals surface area contributed by atoms with Crippen LogP contribution >= 0.6 is 23.4 Å². The lowest BCUT2D eigenvalue weighted by Crippen LogP contribution is -2.27. The predicted octanol–water partition coefficient (Wildman–Crippen LogP) is 5.88. The Morgan fingerprint density at radius 2 is 1.97 bits per heavy atom. The van der Waals surface area contributed by atoms with Crippen molar-refractivity contribution < 1.29 is 23.3 Å². The van der Waals surface area contributed by atoms with Crippen molar-refractivity contribution in [3.8, 4) is 11.3 Å². The molecule has 0 spiro atoms. The number of furan rings is 1. The molecule has 1 fully saturated rings. The van der Waals surface area contributed by atoms with Crippen molar-refractivity contribution in [2.24, 2.45) is 0 Å². The van der Waals surface area contributed by atoms with E-state index in [9.17, 15) is 24.1 Å². The van der Waals surface area contributed by atoms with Gasteiger partial charge in [0, 0.05) is 28.8 Å². The monoisotopic (exact) mass is 458 g/mol. The van der Waals surface area contributed by atoms with Gasteiger partial charge in [0.25, 0.3) is 16.8 Å². The molecule has 2 amide bonds. The van der Waals surface area contributed by atoms with E-state index in [1.54, 1.807) is 24.3 Å². The number of thioether (sulfide) groups is 1. The number of carbonyl (C=O) groups is 2. The van der Waals surface area contributed by atoms with Crippen LogP contribution in [0.4, 0.5) is 14.9 Å². The third kappa shape index (κ3) is 4.37. The summed E-state index contributed by atoms with van der Waals surface area (Å²) in [5.41, 5.74) is 0.876. The van der Waals surface area contributed by atoms with Crippen LogP contribution < -0.4 is 0 Å². The normalized spacial score (nSPS) is 15.2. The van der Waals surface area contributed by atoms with Gasteiger partial charge in [-0.05, 0) is 41.6 Å². The predicted molar refractivity (Wildman–Crippen MR) is 114 cm³/mol. The Labute approximate surface area is 184 Å². The number of imide groups is 1. The molecule has 3 aromatic rings. The molecule has 10 heteroatoms. The van der Waals surface area contributed by atoms with Crippen molar-refractivity contribution in [3.63, 3.8) is 0 Å².